The van der Waals surface area contributed by atoms with Crippen molar-refractivity contribution in [1.29, 1.82) is 0 Å². The number of hydrogen-bond acceptors (Lipinski definition) is 9. The molecule has 0 aliphatic carbocycles. The highest BCUT2D eigenvalue weighted by atomic mass is 35.5. The average molecular weight is 526 g/mol. The molecule has 2 aromatic carbocycles. The fraction of sp³-hybridized carbons (Fsp3) is 0.346. The number of halogens is 1. The quantitative estimate of drug-likeness (QED) is 0.311. The lowest BCUT2D eigenvalue weighted by Gasteiger charge is -2.30. The van der Waals surface area contributed by atoms with Crippen LogP contribution in [0.4, 0.5) is 11.5 Å². The van der Waals surface area contributed by atoms with Crippen LogP contribution in [0.25, 0.3) is 21.8 Å². The summed E-state index contributed by atoms with van der Waals surface area (Å²) in [4.78, 5) is 26.0. The molecule has 11 heteroatoms. The number of fused-ring (bicyclic) bond motifs is 2. The van der Waals surface area contributed by atoms with Crippen molar-refractivity contribution in [2.45, 2.75) is 13.0 Å². The van der Waals surface area contributed by atoms with Gasteiger partial charge >= 0.3 is 5.97 Å². The van der Waals surface area contributed by atoms with Crippen LogP contribution in [0.1, 0.15) is 6.92 Å². The fourth-order valence-electron chi connectivity index (χ4n) is 4.40. The molecule has 2 aromatic heterocycles. The number of aromatic amines is 1. The maximum Gasteiger partial charge on any atom is 0.303 e. The average Bonchev–Trinajstić information content (AvgIpc) is 3.29. The topological polar surface area (TPSA) is 111 Å². The number of H-pyrrole nitrogens is 1. The molecule has 1 unspecified atom stereocenters. The molecule has 1 aliphatic heterocycles. The van der Waals surface area contributed by atoms with Gasteiger partial charge in [-0.05, 0) is 12.1 Å². The van der Waals surface area contributed by atoms with E-state index in [1.54, 1.807) is 19.4 Å². The van der Waals surface area contributed by atoms with E-state index in [9.17, 15) is 4.79 Å². The van der Waals surface area contributed by atoms with Crippen LogP contribution in [-0.4, -0.2) is 78.5 Å². The van der Waals surface area contributed by atoms with Crippen molar-refractivity contribution in [3.05, 3.63) is 47.9 Å². The molecular formula is C26H28ClN5O5. The number of nitrogens with one attached hydrogen (secondary N) is 2. The Hall–Kier alpha value is -3.60. The van der Waals surface area contributed by atoms with Crippen LogP contribution in [0.15, 0.2) is 42.9 Å². The summed E-state index contributed by atoms with van der Waals surface area (Å²) in [6.07, 6.45) is 2.80. The summed E-state index contributed by atoms with van der Waals surface area (Å²) in [6.45, 7) is 5.02. The molecule has 1 fully saturated rings. The van der Waals surface area contributed by atoms with E-state index in [4.69, 9.17) is 30.5 Å². The third-order valence-corrected chi connectivity index (χ3v) is 6.47. The molecule has 1 saturated heterocycles. The number of anilines is 2. The van der Waals surface area contributed by atoms with Gasteiger partial charge in [0.15, 0.2) is 11.5 Å². The zero-order valence-corrected chi connectivity index (χ0v) is 21.4. The van der Waals surface area contributed by atoms with Gasteiger partial charge in [-0.25, -0.2) is 9.97 Å². The van der Waals surface area contributed by atoms with Crippen molar-refractivity contribution in [3.63, 3.8) is 0 Å². The van der Waals surface area contributed by atoms with Crippen LogP contribution >= 0.6 is 11.6 Å². The van der Waals surface area contributed by atoms with Gasteiger partial charge in [0, 0.05) is 49.6 Å². The lowest BCUT2D eigenvalue weighted by Crippen LogP contribution is -2.43. The number of rotatable bonds is 9. The molecule has 37 heavy (non-hydrogen) atoms. The van der Waals surface area contributed by atoms with E-state index < -0.39 is 6.10 Å². The number of aromatic nitrogens is 3. The minimum atomic E-state index is -0.438. The van der Waals surface area contributed by atoms with Gasteiger partial charge in [0.2, 0.25) is 0 Å². The third kappa shape index (κ3) is 5.71. The molecular weight excluding hydrogens is 498 g/mol. The number of carbonyl (C=O) groups is 1. The number of para-hydroxylation sites is 1. The van der Waals surface area contributed by atoms with Crippen molar-refractivity contribution in [1.82, 2.24) is 19.9 Å². The fourth-order valence-corrected chi connectivity index (χ4v) is 4.61. The Labute approximate surface area is 218 Å². The first-order valence-corrected chi connectivity index (χ1v) is 12.3. The van der Waals surface area contributed by atoms with Crippen LogP contribution in [0.2, 0.25) is 5.02 Å². The molecule has 0 bridgehead atoms. The number of nitrogens with zero attached hydrogens (tertiary/aromatic N) is 3. The van der Waals surface area contributed by atoms with Crippen molar-refractivity contribution in [2.75, 3.05) is 51.9 Å². The molecule has 2 N–H and O–H groups in total. The Kier molecular flexibility index (Phi) is 7.59. The van der Waals surface area contributed by atoms with Crippen LogP contribution in [0.3, 0.4) is 0 Å². The first-order valence-electron chi connectivity index (χ1n) is 12.0. The zero-order chi connectivity index (χ0) is 25.8. The number of methoxy groups -OCH3 is 1. The van der Waals surface area contributed by atoms with Gasteiger partial charge < -0.3 is 29.2 Å². The Bertz CT molecular complexity index is 1410. The molecule has 0 amide bonds. The second kappa shape index (κ2) is 11.2. The third-order valence-electron chi connectivity index (χ3n) is 6.16. The predicted molar refractivity (Wildman–Crippen MR) is 141 cm³/mol. The number of esters is 1. The van der Waals surface area contributed by atoms with E-state index >= 15 is 0 Å². The standard InChI is InChI=1S/C26H28ClN5O5/c1-16(33)37-17(13-32-6-8-35-9-7-32)14-36-24-11-22-19(10-23(24)34-2)26(30-15-29-22)31-21-5-3-4-18-20(27)12-28-25(18)21/h3-5,10-12,15,17,28H,6-9,13-14H2,1-2H3,(H,29,30,31). The lowest BCUT2D eigenvalue weighted by molar-refractivity contribution is -0.149. The van der Waals surface area contributed by atoms with Gasteiger partial charge in [-0.15, -0.1) is 0 Å². The molecule has 0 radical (unpaired) electrons. The van der Waals surface area contributed by atoms with Gasteiger partial charge in [0.25, 0.3) is 0 Å². The molecule has 0 spiro atoms. The van der Waals surface area contributed by atoms with Gasteiger partial charge in [-0.2, -0.15) is 0 Å². The minimum absolute atomic E-state index is 0.171. The van der Waals surface area contributed by atoms with E-state index in [2.05, 4.69) is 25.2 Å². The van der Waals surface area contributed by atoms with Crippen molar-refractivity contribution >= 4 is 50.9 Å². The molecule has 3 heterocycles. The highest BCUT2D eigenvalue weighted by Crippen LogP contribution is 2.36. The highest BCUT2D eigenvalue weighted by molar-refractivity contribution is 6.36. The Morgan fingerprint density at radius 1 is 1.22 bits per heavy atom. The first kappa shape index (κ1) is 25.1. The van der Waals surface area contributed by atoms with Crippen LogP contribution in [-0.2, 0) is 14.3 Å². The van der Waals surface area contributed by atoms with Crippen molar-refractivity contribution in [2.24, 2.45) is 0 Å². The number of morpholine rings is 1. The summed E-state index contributed by atoms with van der Waals surface area (Å²) in [6, 6.07) is 9.45. The molecule has 10 nitrogen and oxygen atoms in total. The van der Waals surface area contributed by atoms with Crippen LogP contribution in [0, 0.1) is 0 Å². The van der Waals surface area contributed by atoms with Crippen LogP contribution < -0.4 is 14.8 Å². The maximum atomic E-state index is 11.7. The van der Waals surface area contributed by atoms with Crippen molar-refractivity contribution in [3.8, 4) is 11.5 Å². The Balaban J connectivity index is 1.39. The van der Waals surface area contributed by atoms with Gasteiger partial charge in [0.05, 0.1) is 42.1 Å². The minimum Gasteiger partial charge on any atom is -0.493 e. The highest BCUT2D eigenvalue weighted by Gasteiger charge is 2.21. The number of ether oxygens (including phenoxy) is 4. The zero-order valence-electron chi connectivity index (χ0n) is 20.6. The number of carbonyl (C=O) groups excluding carboxylic acids is 1. The maximum absolute atomic E-state index is 11.7. The normalized spacial score (nSPS) is 15.0. The van der Waals surface area contributed by atoms with E-state index in [0.717, 1.165) is 35.1 Å². The molecule has 1 aliphatic rings. The Morgan fingerprint density at radius 2 is 2.05 bits per heavy atom. The smallest absolute Gasteiger partial charge is 0.303 e. The summed E-state index contributed by atoms with van der Waals surface area (Å²) < 4.78 is 22.7. The van der Waals surface area contributed by atoms with Gasteiger partial charge in [-0.1, -0.05) is 23.7 Å². The lowest BCUT2D eigenvalue weighted by atomic mass is 10.2. The molecule has 5 rings (SSSR count). The number of hydrogen-bond donors (Lipinski definition) is 2. The summed E-state index contributed by atoms with van der Waals surface area (Å²) in [7, 11) is 1.57. The second-order valence-electron chi connectivity index (χ2n) is 8.69. The predicted octanol–water partition coefficient (Wildman–Crippen LogP) is 4.16. The van der Waals surface area contributed by atoms with Gasteiger partial charge in [-0.3, -0.25) is 9.69 Å². The van der Waals surface area contributed by atoms with Crippen molar-refractivity contribution < 1.29 is 23.7 Å². The monoisotopic (exact) mass is 525 g/mol. The molecule has 1 atom stereocenters. The summed E-state index contributed by atoms with van der Waals surface area (Å²) in [5, 5.41) is 5.70. The largest absolute Gasteiger partial charge is 0.493 e. The SMILES string of the molecule is COc1cc2c(Nc3cccc4c(Cl)c[nH]c34)ncnc2cc1OCC(CN1CCOCC1)OC(C)=O. The van der Waals surface area contributed by atoms with E-state index in [0.29, 0.717) is 47.6 Å². The molecule has 0 saturated carbocycles. The number of benzene rings is 2. The molecule has 4 aromatic rings. The Morgan fingerprint density at radius 3 is 2.84 bits per heavy atom. The second-order valence-corrected chi connectivity index (χ2v) is 9.09. The molecule has 194 valence electrons. The summed E-state index contributed by atoms with van der Waals surface area (Å²) in [5.41, 5.74) is 2.38. The van der Waals surface area contributed by atoms with E-state index in [1.165, 1.54) is 13.3 Å². The first-order chi connectivity index (χ1) is 18.0. The summed E-state index contributed by atoms with van der Waals surface area (Å²) >= 11 is 6.28. The van der Waals surface area contributed by atoms with E-state index in [1.807, 2.05) is 24.3 Å². The summed E-state index contributed by atoms with van der Waals surface area (Å²) in [5.74, 6) is 1.27. The van der Waals surface area contributed by atoms with Gasteiger partial charge in [0.1, 0.15) is 24.9 Å². The van der Waals surface area contributed by atoms with Crippen LogP contribution in [0.5, 0.6) is 11.5 Å². The van der Waals surface area contributed by atoms with E-state index in [-0.39, 0.29) is 12.6 Å².